The van der Waals surface area contributed by atoms with Crippen molar-refractivity contribution in [3.05, 3.63) is 323 Å². The van der Waals surface area contributed by atoms with Crippen LogP contribution in [0.25, 0.3) is 71.6 Å². The summed E-state index contributed by atoms with van der Waals surface area (Å²) < 4.78 is 2.54. The fourth-order valence-corrected chi connectivity index (χ4v) is 15.4. The molecule has 0 radical (unpaired) electrons. The molecule has 360 valence electrons. The molecule has 1 aliphatic heterocycles. The number of rotatable bonds is 5. The van der Waals surface area contributed by atoms with E-state index in [1.54, 1.807) is 0 Å². The van der Waals surface area contributed by atoms with E-state index in [2.05, 4.69) is 290 Å². The van der Waals surface area contributed by atoms with Gasteiger partial charge in [-0.05, 0) is 137 Å². The molecule has 1 spiro atoms. The highest BCUT2D eigenvalue weighted by Crippen LogP contribution is 2.64. The molecule has 1 unspecified atom stereocenters. The van der Waals surface area contributed by atoms with E-state index < -0.39 is 10.8 Å². The largest absolute Gasteiger partial charge is 0.310 e. The lowest BCUT2D eigenvalue weighted by atomic mass is 9.65. The van der Waals surface area contributed by atoms with Gasteiger partial charge in [0.1, 0.15) is 0 Å². The van der Waals surface area contributed by atoms with Crippen LogP contribution in [0.2, 0.25) is 0 Å². The van der Waals surface area contributed by atoms with Crippen LogP contribution in [0.15, 0.2) is 267 Å². The third-order valence-electron chi connectivity index (χ3n) is 18.4. The first-order valence-electron chi connectivity index (χ1n) is 27.2. The Hall–Kier alpha value is -9.50. The highest BCUT2D eigenvalue weighted by Gasteiger charge is 2.52. The first-order chi connectivity index (χ1) is 38.0. The van der Waals surface area contributed by atoms with Crippen molar-refractivity contribution in [2.75, 3.05) is 4.90 Å². The molecule has 13 aromatic rings. The molecule has 0 fully saturated rings. The Bertz CT molecular complexity index is 4630. The van der Waals surface area contributed by atoms with E-state index in [-0.39, 0.29) is 5.41 Å². The highest BCUT2D eigenvalue weighted by atomic mass is 15.1. The average molecular weight is 979 g/mol. The predicted octanol–water partition coefficient (Wildman–Crippen LogP) is 18.8. The van der Waals surface area contributed by atoms with Crippen LogP contribution in [0.1, 0.15) is 69.5 Å². The lowest BCUT2D eigenvalue weighted by Crippen LogP contribution is -2.33. The van der Waals surface area contributed by atoms with Gasteiger partial charge >= 0.3 is 0 Å². The van der Waals surface area contributed by atoms with E-state index in [1.165, 1.54) is 127 Å². The van der Waals surface area contributed by atoms with Gasteiger partial charge in [0.25, 0.3) is 0 Å². The highest BCUT2D eigenvalue weighted by molar-refractivity contribution is 6.14. The molecular formula is C75H50N2. The normalized spacial score (nSPS) is 16.2. The van der Waals surface area contributed by atoms with E-state index >= 15 is 0 Å². The molecule has 0 amide bonds. The van der Waals surface area contributed by atoms with E-state index in [0.717, 1.165) is 17.1 Å². The van der Waals surface area contributed by atoms with Gasteiger partial charge in [0, 0.05) is 32.9 Å². The Kier molecular flexibility index (Phi) is 8.51. The number of benzene rings is 12. The third kappa shape index (κ3) is 5.30. The summed E-state index contributed by atoms with van der Waals surface area (Å²) in [4.78, 5) is 2.62. The molecule has 1 atom stereocenters. The second-order valence-corrected chi connectivity index (χ2v) is 22.2. The van der Waals surface area contributed by atoms with Crippen molar-refractivity contribution in [2.45, 2.75) is 30.1 Å². The van der Waals surface area contributed by atoms with Gasteiger partial charge in [-0.25, -0.2) is 0 Å². The van der Waals surface area contributed by atoms with E-state index in [0.29, 0.717) is 0 Å². The van der Waals surface area contributed by atoms with Crippen molar-refractivity contribution in [3.63, 3.8) is 0 Å². The predicted molar refractivity (Wildman–Crippen MR) is 319 cm³/mol. The average Bonchev–Trinajstić information content (AvgIpc) is 4.37. The number of para-hydroxylation sites is 3. The maximum Gasteiger partial charge on any atom is 0.0755 e. The summed E-state index contributed by atoms with van der Waals surface area (Å²) in [6.07, 6.45) is 0. The minimum absolute atomic E-state index is 0.211. The molecule has 2 heteroatoms. The topological polar surface area (TPSA) is 8.17 Å². The van der Waals surface area contributed by atoms with Crippen molar-refractivity contribution >= 4 is 49.6 Å². The van der Waals surface area contributed by atoms with Crippen molar-refractivity contribution in [1.82, 2.24) is 4.57 Å². The quantitative estimate of drug-likeness (QED) is 0.167. The van der Waals surface area contributed by atoms with Crippen LogP contribution in [0, 0.1) is 0 Å². The molecule has 1 aromatic heterocycles. The van der Waals surface area contributed by atoms with Gasteiger partial charge in [0.05, 0.1) is 33.2 Å². The Morgan fingerprint density at radius 3 is 1.52 bits per heavy atom. The minimum Gasteiger partial charge on any atom is -0.310 e. The Balaban J connectivity index is 1.00. The zero-order valence-electron chi connectivity index (χ0n) is 42.8. The molecule has 0 bridgehead atoms. The SMILES string of the molecule is CC1(C)c2ccccc2-c2ccc(N(c3ccc4c(c3)C3(c5ccccc5-4)c4ccccc4-n4c5ccccc5c5cccc3c54)c3cc4c(c5ccccc35)-c3ccccc3C4(c3ccccc3)c3ccccc3)cc21. The number of hydrogen-bond acceptors (Lipinski definition) is 1. The lowest BCUT2D eigenvalue weighted by Gasteiger charge is -2.40. The van der Waals surface area contributed by atoms with Crippen molar-refractivity contribution < 1.29 is 0 Å². The summed E-state index contributed by atoms with van der Waals surface area (Å²) in [7, 11) is 0. The summed E-state index contributed by atoms with van der Waals surface area (Å²) in [6.45, 7) is 4.80. The van der Waals surface area contributed by atoms with Crippen LogP contribution in [0.3, 0.4) is 0 Å². The molecule has 77 heavy (non-hydrogen) atoms. The van der Waals surface area contributed by atoms with Crippen LogP contribution in [0.4, 0.5) is 17.1 Å². The number of fused-ring (bicyclic) bond motifs is 20. The monoisotopic (exact) mass is 978 g/mol. The van der Waals surface area contributed by atoms with Crippen LogP contribution in [-0.2, 0) is 16.2 Å². The summed E-state index contributed by atoms with van der Waals surface area (Å²) >= 11 is 0. The molecule has 0 N–H and O–H groups in total. The first kappa shape index (κ1) is 42.8. The minimum atomic E-state index is -0.618. The third-order valence-corrected chi connectivity index (χ3v) is 18.4. The van der Waals surface area contributed by atoms with Crippen molar-refractivity contribution in [2.24, 2.45) is 0 Å². The van der Waals surface area contributed by atoms with Crippen molar-refractivity contribution in [1.29, 1.82) is 0 Å². The molecule has 17 rings (SSSR count). The Labute approximate surface area is 448 Å². The Morgan fingerprint density at radius 1 is 0.312 bits per heavy atom. The molecule has 0 saturated carbocycles. The summed E-state index contributed by atoms with van der Waals surface area (Å²) in [5.41, 5.74) is 26.5. The van der Waals surface area contributed by atoms with E-state index in [9.17, 15) is 0 Å². The number of anilines is 3. The number of aromatic nitrogens is 1. The smallest absolute Gasteiger partial charge is 0.0755 e. The zero-order valence-corrected chi connectivity index (χ0v) is 42.8. The van der Waals surface area contributed by atoms with Crippen LogP contribution in [0.5, 0.6) is 0 Å². The van der Waals surface area contributed by atoms with Crippen LogP contribution >= 0.6 is 0 Å². The molecule has 12 aromatic carbocycles. The standard InChI is InChI=1S/C75H50N2/c1-73(2)60-33-15-11-26-51(60)53-42-40-49(44-65(53)73)76(70-46-67-71(57-30-10-9-28-55(57)70)59-31-13-17-35-62(59)74(67,47-22-5-3-6-23-47)48-24-7-4-8-25-48)50-41-43-54-52-27-12-16-34-61(52)75(66(54)45-50)63-36-18-20-39-69(63)77-68-38-19-14-29-56(68)58-32-21-37-64(75)72(58)77/h3-46H,1-2H3. The first-order valence-corrected chi connectivity index (χ1v) is 27.2. The van der Waals surface area contributed by atoms with Crippen LogP contribution < -0.4 is 4.90 Å². The maximum atomic E-state index is 2.62. The van der Waals surface area contributed by atoms with Crippen molar-refractivity contribution in [3.8, 4) is 39.1 Å². The van der Waals surface area contributed by atoms with Gasteiger partial charge in [-0.15, -0.1) is 0 Å². The van der Waals surface area contributed by atoms with Gasteiger partial charge in [0.15, 0.2) is 0 Å². The summed E-state index contributed by atoms with van der Waals surface area (Å²) in [5.74, 6) is 0. The molecule has 2 nitrogen and oxygen atoms in total. The van der Waals surface area contributed by atoms with E-state index in [4.69, 9.17) is 0 Å². The maximum absolute atomic E-state index is 2.62. The molecule has 3 aliphatic carbocycles. The second kappa shape index (κ2) is 15.3. The van der Waals surface area contributed by atoms with Gasteiger partial charge in [-0.3, -0.25) is 0 Å². The lowest BCUT2D eigenvalue weighted by molar-refractivity contribution is 0.660. The molecular weight excluding hydrogens is 929 g/mol. The molecule has 4 aliphatic rings. The zero-order chi connectivity index (χ0) is 50.8. The van der Waals surface area contributed by atoms with Crippen LogP contribution in [-0.4, -0.2) is 4.57 Å². The van der Waals surface area contributed by atoms with Gasteiger partial charge in [-0.2, -0.15) is 0 Å². The Morgan fingerprint density at radius 2 is 0.805 bits per heavy atom. The molecule has 2 heterocycles. The summed E-state index contributed by atoms with van der Waals surface area (Å²) in [6, 6.07) is 102. The second-order valence-electron chi connectivity index (χ2n) is 22.2. The fourth-order valence-electron chi connectivity index (χ4n) is 15.4. The van der Waals surface area contributed by atoms with Gasteiger partial charge < -0.3 is 9.47 Å². The fraction of sp³-hybridized carbons (Fsp3) is 0.0667. The number of hydrogen-bond donors (Lipinski definition) is 0. The number of nitrogens with zero attached hydrogens (tertiary/aromatic N) is 2. The van der Waals surface area contributed by atoms with Gasteiger partial charge in [-0.1, -0.05) is 238 Å². The van der Waals surface area contributed by atoms with Gasteiger partial charge in [0.2, 0.25) is 0 Å². The molecule has 0 saturated heterocycles. The van der Waals surface area contributed by atoms with E-state index in [1.807, 2.05) is 0 Å². The summed E-state index contributed by atoms with van der Waals surface area (Å²) in [5, 5.41) is 5.00.